The fourth-order valence-electron chi connectivity index (χ4n) is 0.927. The minimum Gasteiger partial charge on any atom is -0.382 e. The van der Waals surface area contributed by atoms with Crippen LogP contribution in [0.25, 0.3) is 0 Å². The molecule has 3 nitrogen and oxygen atoms in total. The van der Waals surface area contributed by atoms with E-state index >= 15 is 0 Å². The first kappa shape index (κ1) is 11.7. The molecule has 0 bridgehead atoms. The molecule has 0 radical (unpaired) electrons. The lowest BCUT2D eigenvalue weighted by molar-refractivity contribution is 0.0200. The number of hydrogen-bond acceptors (Lipinski definition) is 4. The maximum Gasteiger partial charge on any atom is 0.0726 e. The van der Waals surface area contributed by atoms with E-state index in [2.05, 4.69) is 11.4 Å². The van der Waals surface area contributed by atoms with Gasteiger partial charge in [0.15, 0.2) is 0 Å². The Morgan fingerprint density at radius 2 is 1.93 bits per heavy atom. The number of ether oxygens (including phenoxy) is 3. The van der Waals surface area contributed by atoms with Crippen molar-refractivity contribution in [1.82, 2.24) is 0 Å². The quantitative estimate of drug-likeness (QED) is 0.621. The molecule has 0 spiro atoms. The predicted molar refractivity (Wildman–Crippen MR) is 56.7 cm³/mol. The molecule has 0 saturated heterocycles. The molecule has 4 heteroatoms. The summed E-state index contributed by atoms with van der Waals surface area (Å²) >= 11 is 1.69. The highest BCUT2D eigenvalue weighted by Gasteiger charge is 1.93. The molecule has 0 aromatic carbocycles. The standard InChI is InChI=1S/C10H16O3S/c1-11-3-4-12-5-6-13-8-10-2-7-14-9-10/h2,7,9H,3-6,8H2,1H3. The molecule has 0 N–H and O–H groups in total. The summed E-state index contributed by atoms with van der Waals surface area (Å²) in [5.74, 6) is 0. The third-order valence-electron chi connectivity index (χ3n) is 1.65. The molecule has 80 valence electrons. The summed E-state index contributed by atoms with van der Waals surface area (Å²) < 4.78 is 15.5. The maximum atomic E-state index is 5.40. The number of thiophene rings is 1. The van der Waals surface area contributed by atoms with Crippen molar-refractivity contribution in [1.29, 1.82) is 0 Å². The molecule has 0 fully saturated rings. The summed E-state index contributed by atoms with van der Waals surface area (Å²) in [6, 6.07) is 2.07. The Balaban J connectivity index is 1.85. The summed E-state index contributed by atoms with van der Waals surface area (Å²) in [5.41, 5.74) is 1.23. The first-order valence-corrected chi connectivity index (χ1v) is 5.53. The minimum atomic E-state index is 0.632. The Labute approximate surface area is 88.6 Å². The molecule has 14 heavy (non-hydrogen) atoms. The van der Waals surface area contributed by atoms with Gasteiger partial charge in [0, 0.05) is 7.11 Å². The third-order valence-corrected chi connectivity index (χ3v) is 2.38. The van der Waals surface area contributed by atoms with Gasteiger partial charge in [-0.05, 0) is 22.4 Å². The second-order valence-electron chi connectivity index (χ2n) is 2.79. The summed E-state index contributed by atoms with van der Waals surface area (Å²) in [7, 11) is 1.66. The van der Waals surface area contributed by atoms with Crippen molar-refractivity contribution < 1.29 is 14.2 Å². The molecule has 0 unspecified atom stereocenters. The Hall–Kier alpha value is -0.420. The molecule has 0 atom stereocenters. The molecule has 0 saturated carbocycles. The fraction of sp³-hybridized carbons (Fsp3) is 0.600. The van der Waals surface area contributed by atoms with Crippen molar-refractivity contribution in [3.05, 3.63) is 22.4 Å². The van der Waals surface area contributed by atoms with Crippen LogP contribution in [0.2, 0.25) is 0 Å². The van der Waals surface area contributed by atoms with Crippen LogP contribution >= 0.6 is 11.3 Å². The van der Waals surface area contributed by atoms with E-state index in [1.807, 2.05) is 5.38 Å². The van der Waals surface area contributed by atoms with E-state index in [1.165, 1.54) is 5.56 Å². The van der Waals surface area contributed by atoms with E-state index in [-0.39, 0.29) is 0 Å². The Morgan fingerprint density at radius 1 is 1.14 bits per heavy atom. The fourth-order valence-corrected chi connectivity index (χ4v) is 1.58. The van der Waals surface area contributed by atoms with Crippen molar-refractivity contribution in [3.8, 4) is 0 Å². The normalized spacial score (nSPS) is 10.6. The highest BCUT2D eigenvalue weighted by atomic mass is 32.1. The smallest absolute Gasteiger partial charge is 0.0726 e. The van der Waals surface area contributed by atoms with Crippen LogP contribution in [0.5, 0.6) is 0 Å². The van der Waals surface area contributed by atoms with Crippen LogP contribution in [-0.4, -0.2) is 33.5 Å². The van der Waals surface area contributed by atoms with E-state index in [9.17, 15) is 0 Å². The average molecular weight is 216 g/mol. The highest BCUT2D eigenvalue weighted by Crippen LogP contribution is 2.06. The van der Waals surface area contributed by atoms with Gasteiger partial charge in [0.2, 0.25) is 0 Å². The van der Waals surface area contributed by atoms with Crippen molar-refractivity contribution in [2.24, 2.45) is 0 Å². The summed E-state index contributed by atoms with van der Waals surface area (Å²) in [6.45, 7) is 3.23. The van der Waals surface area contributed by atoms with Gasteiger partial charge in [-0.2, -0.15) is 11.3 Å². The van der Waals surface area contributed by atoms with Crippen LogP contribution in [0.1, 0.15) is 5.56 Å². The molecule has 0 amide bonds. The Morgan fingerprint density at radius 3 is 2.64 bits per heavy atom. The Kier molecular flexibility index (Phi) is 6.61. The molecule has 1 aromatic heterocycles. The average Bonchev–Trinajstić information content (AvgIpc) is 2.69. The zero-order valence-electron chi connectivity index (χ0n) is 8.40. The number of hydrogen-bond donors (Lipinski definition) is 0. The van der Waals surface area contributed by atoms with Crippen LogP contribution in [0.3, 0.4) is 0 Å². The third kappa shape index (κ3) is 5.34. The van der Waals surface area contributed by atoms with E-state index in [0.717, 1.165) is 0 Å². The van der Waals surface area contributed by atoms with E-state index in [4.69, 9.17) is 14.2 Å². The van der Waals surface area contributed by atoms with Crippen molar-refractivity contribution >= 4 is 11.3 Å². The Bertz CT molecular complexity index is 211. The topological polar surface area (TPSA) is 27.7 Å². The molecule has 0 aliphatic heterocycles. The lowest BCUT2D eigenvalue weighted by atomic mass is 10.4. The molecular formula is C10H16O3S. The first-order valence-electron chi connectivity index (χ1n) is 4.59. The summed E-state index contributed by atoms with van der Waals surface area (Å²) in [6.07, 6.45) is 0. The lowest BCUT2D eigenvalue weighted by Crippen LogP contribution is -2.08. The number of methoxy groups -OCH3 is 1. The summed E-state index contributed by atoms with van der Waals surface area (Å²) in [4.78, 5) is 0. The second kappa shape index (κ2) is 7.94. The maximum absolute atomic E-state index is 5.40. The van der Waals surface area contributed by atoms with Gasteiger partial charge in [-0.3, -0.25) is 0 Å². The van der Waals surface area contributed by atoms with Crippen molar-refractivity contribution in [2.75, 3.05) is 33.5 Å². The van der Waals surface area contributed by atoms with Crippen LogP contribution < -0.4 is 0 Å². The van der Waals surface area contributed by atoms with Crippen molar-refractivity contribution in [2.45, 2.75) is 6.61 Å². The zero-order valence-corrected chi connectivity index (χ0v) is 9.22. The lowest BCUT2D eigenvalue weighted by Gasteiger charge is -2.04. The van der Waals surface area contributed by atoms with Crippen LogP contribution in [-0.2, 0) is 20.8 Å². The summed E-state index contributed by atoms with van der Waals surface area (Å²) in [5, 5.41) is 4.14. The van der Waals surface area contributed by atoms with Gasteiger partial charge in [0.25, 0.3) is 0 Å². The van der Waals surface area contributed by atoms with Gasteiger partial charge in [-0.15, -0.1) is 0 Å². The van der Waals surface area contributed by atoms with Gasteiger partial charge in [0.05, 0.1) is 33.0 Å². The molecule has 1 heterocycles. The van der Waals surface area contributed by atoms with E-state index in [0.29, 0.717) is 33.0 Å². The van der Waals surface area contributed by atoms with Gasteiger partial charge >= 0.3 is 0 Å². The molecule has 0 aliphatic carbocycles. The molecule has 0 aliphatic rings. The van der Waals surface area contributed by atoms with E-state index in [1.54, 1.807) is 18.4 Å². The van der Waals surface area contributed by atoms with Crippen LogP contribution in [0.15, 0.2) is 16.8 Å². The largest absolute Gasteiger partial charge is 0.382 e. The highest BCUT2D eigenvalue weighted by molar-refractivity contribution is 7.07. The van der Waals surface area contributed by atoms with Gasteiger partial charge in [-0.1, -0.05) is 0 Å². The van der Waals surface area contributed by atoms with Crippen LogP contribution in [0, 0.1) is 0 Å². The second-order valence-corrected chi connectivity index (χ2v) is 3.57. The van der Waals surface area contributed by atoms with Gasteiger partial charge in [-0.25, -0.2) is 0 Å². The van der Waals surface area contributed by atoms with Gasteiger partial charge < -0.3 is 14.2 Å². The first-order chi connectivity index (χ1) is 6.93. The predicted octanol–water partition coefficient (Wildman–Crippen LogP) is 1.93. The number of rotatable bonds is 8. The minimum absolute atomic E-state index is 0.632. The monoisotopic (exact) mass is 216 g/mol. The van der Waals surface area contributed by atoms with E-state index < -0.39 is 0 Å². The zero-order chi connectivity index (χ0) is 10.1. The van der Waals surface area contributed by atoms with Gasteiger partial charge in [0.1, 0.15) is 0 Å². The molecular weight excluding hydrogens is 200 g/mol. The molecule has 1 rings (SSSR count). The van der Waals surface area contributed by atoms with Crippen molar-refractivity contribution in [3.63, 3.8) is 0 Å². The molecule has 1 aromatic rings. The SMILES string of the molecule is COCCOCCOCc1ccsc1. The van der Waals surface area contributed by atoms with Crippen LogP contribution in [0.4, 0.5) is 0 Å².